The van der Waals surface area contributed by atoms with Crippen molar-refractivity contribution in [3.05, 3.63) is 35.9 Å². The Balaban J connectivity index is 1.88. The van der Waals surface area contributed by atoms with E-state index < -0.39 is 0 Å². The van der Waals surface area contributed by atoms with Crippen molar-refractivity contribution in [1.29, 1.82) is 0 Å². The third-order valence-electron chi connectivity index (χ3n) is 3.72. The molecule has 1 aromatic carbocycles. The molecule has 1 heterocycles. The highest BCUT2D eigenvalue weighted by molar-refractivity contribution is 5.74. The normalized spacial score (nSPS) is 26.9. The lowest BCUT2D eigenvalue weighted by molar-refractivity contribution is -0.0402. The Morgan fingerprint density at radius 1 is 1.29 bits per heavy atom. The smallest absolute Gasteiger partial charge is 0.315 e. The molecule has 3 N–H and O–H groups in total. The summed E-state index contributed by atoms with van der Waals surface area (Å²) >= 11 is 0. The maximum Gasteiger partial charge on any atom is 0.315 e. The Morgan fingerprint density at radius 3 is 2.48 bits per heavy atom. The molecular formula is C16H24N2O3. The zero-order valence-electron chi connectivity index (χ0n) is 12.6. The minimum absolute atomic E-state index is 0.110. The maximum atomic E-state index is 12.1. The largest absolute Gasteiger partial charge is 0.394 e. The van der Waals surface area contributed by atoms with Gasteiger partial charge < -0.3 is 20.5 Å². The first-order valence-corrected chi connectivity index (χ1v) is 7.46. The summed E-state index contributed by atoms with van der Waals surface area (Å²) in [5.74, 6) is 0. The van der Waals surface area contributed by atoms with E-state index in [9.17, 15) is 9.90 Å². The number of aliphatic hydroxyl groups excluding tert-OH is 1. The van der Waals surface area contributed by atoms with Crippen LogP contribution < -0.4 is 10.6 Å². The van der Waals surface area contributed by atoms with Crippen molar-refractivity contribution in [2.45, 2.75) is 51.0 Å². The second kappa shape index (κ2) is 7.43. The molecule has 1 aliphatic rings. The van der Waals surface area contributed by atoms with Crippen molar-refractivity contribution < 1.29 is 14.6 Å². The fourth-order valence-corrected chi connectivity index (χ4v) is 2.83. The quantitative estimate of drug-likeness (QED) is 0.794. The summed E-state index contributed by atoms with van der Waals surface area (Å²) in [5.41, 5.74) is 0.892. The number of hydrogen-bond acceptors (Lipinski definition) is 3. The summed E-state index contributed by atoms with van der Waals surface area (Å²) in [4.78, 5) is 12.1. The number of ether oxygens (including phenoxy) is 1. The molecule has 1 fully saturated rings. The maximum absolute atomic E-state index is 12.1. The molecule has 0 radical (unpaired) electrons. The fraction of sp³-hybridized carbons (Fsp3) is 0.562. The van der Waals surface area contributed by atoms with E-state index in [2.05, 4.69) is 10.6 Å². The highest BCUT2D eigenvalue weighted by Gasteiger charge is 2.26. The van der Waals surface area contributed by atoms with Gasteiger partial charge in [-0.15, -0.1) is 0 Å². The second-order valence-electron chi connectivity index (χ2n) is 5.69. The summed E-state index contributed by atoms with van der Waals surface area (Å²) in [5, 5.41) is 15.2. The summed E-state index contributed by atoms with van der Waals surface area (Å²) in [7, 11) is 0. The zero-order chi connectivity index (χ0) is 15.2. The van der Waals surface area contributed by atoms with Crippen LogP contribution in [-0.4, -0.2) is 36.0 Å². The van der Waals surface area contributed by atoms with Crippen LogP contribution in [0.4, 0.5) is 4.79 Å². The van der Waals surface area contributed by atoms with Gasteiger partial charge in [-0.25, -0.2) is 4.79 Å². The van der Waals surface area contributed by atoms with Crippen LogP contribution >= 0.6 is 0 Å². The summed E-state index contributed by atoms with van der Waals surface area (Å²) < 4.78 is 5.66. The van der Waals surface area contributed by atoms with Gasteiger partial charge in [0, 0.05) is 6.04 Å². The Bertz CT molecular complexity index is 442. The van der Waals surface area contributed by atoms with Crippen LogP contribution in [0.1, 0.15) is 38.3 Å². The molecule has 0 aliphatic carbocycles. The molecule has 116 valence electrons. The first-order valence-electron chi connectivity index (χ1n) is 7.46. The van der Waals surface area contributed by atoms with E-state index in [1.54, 1.807) is 0 Å². The van der Waals surface area contributed by atoms with Crippen LogP contribution in [0.3, 0.4) is 0 Å². The van der Waals surface area contributed by atoms with Crippen LogP contribution in [0, 0.1) is 0 Å². The molecule has 1 aromatic rings. The summed E-state index contributed by atoms with van der Waals surface area (Å²) in [6.07, 6.45) is 1.93. The van der Waals surface area contributed by atoms with E-state index in [0.29, 0.717) is 0 Å². The van der Waals surface area contributed by atoms with Crippen molar-refractivity contribution >= 4 is 6.03 Å². The van der Waals surface area contributed by atoms with Gasteiger partial charge in [0.1, 0.15) is 0 Å². The van der Waals surface area contributed by atoms with Gasteiger partial charge >= 0.3 is 6.03 Å². The number of carbonyl (C=O) groups excluding carboxylic acids is 1. The molecule has 0 aromatic heterocycles. The average Bonchev–Trinajstić information content (AvgIpc) is 2.44. The molecule has 2 amide bonds. The van der Waals surface area contributed by atoms with Crippen LogP contribution in [0.15, 0.2) is 30.3 Å². The van der Waals surface area contributed by atoms with Crippen LogP contribution in [0.2, 0.25) is 0 Å². The number of aliphatic hydroxyl groups is 1. The average molecular weight is 292 g/mol. The van der Waals surface area contributed by atoms with Gasteiger partial charge in [0.05, 0.1) is 24.9 Å². The number of nitrogens with one attached hydrogen (secondary N) is 2. The molecule has 0 spiro atoms. The third-order valence-corrected chi connectivity index (χ3v) is 3.72. The summed E-state index contributed by atoms with van der Waals surface area (Å²) in [6, 6.07) is 8.94. The fourth-order valence-electron chi connectivity index (χ4n) is 2.83. The Morgan fingerprint density at radius 2 is 1.90 bits per heavy atom. The Kier molecular flexibility index (Phi) is 5.59. The predicted octanol–water partition coefficient (Wildman–Crippen LogP) is 1.98. The third kappa shape index (κ3) is 4.72. The minimum atomic E-state index is -0.388. The molecule has 1 aliphatic heterocycles. The van der Waals surface area contributed by atoms with Gasteiger partial charge in [0.25, 0.3) is 0 Å². The van der Waals surface area contributed by atoms with Gasteiger partial charge in [-0.1, -0.05) is 30.3 Å². The topological polar surface area (TPSA) is 70.6 Å². The molecule has 3 atom stereocenters. The monoisotopic (exact) mass is 292 g/mol. The van der Waals surface area contributed by atoms with Crippen molar-refractivity contribution in [3.63, 3.8) is 0 Å². The molecule has 0 bridgehead atoms. The lowest BCUT2D eigenvalue weighted by atomic mass is 10.00. The highest BCUT2D eigenvalue weighted by Crippen LogP contribution is 2.19. The van der Waals surface area contributed by atoms with E-state index in [4.69, 9.17) is 4.74 Å². The number of carbonyl (C=O) groups is 1. The number of benzene rings is 1. The van der Waals surface area contributed by atoms with Crippen LogP contribution in [0.25, 0.3) is 0 Å². The van der Waals surface area contributed by atoms with Crippen LogP contribution in [-0.2, 0) is 4.74 Å². The standard InChI is InChI=1S/C16H24N2O3/c1-11-8-14(9-12(2)21-11)17-16(20)18-15(10-19)13-6-4-3-5-7-13/h3-7,11-12,14-15,19H,8-10H2,1-2H3,(H2,17,18,20). The molecule has 1 saturated heterocycles. The van der Waals surface area contributed by atoms with E-state index >= 15 is 0 Å². The van der Waals surface area contributed by atoms with E-state index in [1.807, 2.05) is 44.2 Å². The van der Waals surface area contributed by atoms with E-state index in [-0.39, 0.29) is 36.9 Å². The Labute approximate surface area is 125 Å². The predicted molar refractivity (Wildman–Crippen MR) is 81.0 cm³/mol. The minimum Gasteiger partial charge on any atom is -0.394 e. The van der Waals surface area contributed by atoms with Gasteiger partial charge in [-0.3, -0.25) is 0 Å². The van der Waals surface area contributed by atoms with Crippen molar-refractivity contribution in [2.24, 2.45) is 0 Å². The van der Waals surface area contributed by atoms with Gasteiger partial charge in [0.2, 0.25) is 0 Å². The van der Waals surface area contributed by atoms with Crippen molar-refractivity contribution in [2.75, 3.05) is 6.61 Å². The van der Waals surface area contributed by atoms with Crippen LogP contribution in [0.5, 0.6) is 0 Å². The number of hydrogen-bond donors (Lipinski definition) is 3. The lowest BCUT2D eigenvalue weighted by Crippen LogP contribution is -2.48. The number of rotatable bonds is 4. The van der Waals surface area contributed by atoms with Gasteiger partial charge in [-0.05, 0) is 32.3 Å². The number of amides is 2. The second-order valence-corrected chi connectivity index (χ2v) is 5.69. The number of urea groups is 1. The molecule has 21 heavy (non-hydrogen) atoms. The first-order chi connectivity index (χ1) is 10.1. The van der Waals surface area contributed by atoms with E-state index in [1.165, 1.54) is 0 Å². The van der Waals surface area contributed by atoms with Gasteiger partial charge in [-0.2, -0.15) is 0 Å². The molecule has 5 heteroatoms. The van der Waals surface area contributed by atoms with Crippen molar-refractivity contribution in [3.8, 4) is 0 Å². The van der Waals surface area contributed by atoms with Crippen molar-refractivity contribution in [1.82, 2.24) is 10.6 Å². The summed E-state index contributed by atoms with van der Waals surface area (Å²) in [6.45, 7) is 3.91. The molecular weight excluding hydrogens is 268 g/mol. The Hall–Kier alpha value is -1.59. The van der Waals surface area contributed by atoms with E-state index in [0.717, 1.165) is 18.4 Å². The molecule has 2 rings (SSSR count). The SMILES string of the molecule is CC1CC(NC(=O)NC(CO)c2ccccc2)CC(C)O1. The first kappa shape index (κ1) is 15.8. The zero-order valence-corrected chi connectivity index (χ0v) is 12.6. The molecule has 3 unspecified atom stereocenters. The van der Waals surface area contributed by atoms with Gasteiger partial charge in [0.15, 0.2) is 0 Å². The lowest BCUT2D eigenvalue weighted by Gasteiger charge is -2.32. The molecule has 0 saturated carbocycles. The highest BCUT2D eigenvalue weighted by atomic mass is 16.5. The molecule has 5 nitrogen and oxygen atoms in total.